The normalized spacial score (nSPS) is 10.3. The molecule has 0 aliphatic carbocycles. The van der Waals surface area contributed by atoms with Crippen LogP contribution in [0.25, 0.3) is 0 Å². The number of para-hydroxylation sites is 2. The summed E-state index contributed by atoms with van der Waals surface area (Å²) in [5, 5.41) is 0. The molecule has 0 saturated carbocycles. The van der Waals surface area contributed by atoms with Gasteiger partial charge in [-0.1, -0.05) is 60.7 Å². The van der Waals surface area contributed by atoms with Gasteiger partial charge in [0, 0.05) is 12.8 Å². The molecule has 0 saturated heterocycles. The predicted octanol–water partition coefficient (Wildman–Crippen LogP) is 4.93. The van der Waals surface area contributed by atoms with Crippen molar-refractivity contribution in [1.29, 1.82) is 0 Å². The zero-order valence-corrected chi connectivity index (χ0v) is 13.7. The maximum absolute atomic E-state index is 5.76. The topological polar surface area (TPSA) is 18.5 Å². The molecule has 0 atom stereocenters. The molecule has 0 bridgehead atoms. The molecule has 0 aliphatic rings. The fourth-order valence-corrected chi connectivity index (χ4v) is 2.55. The minimum atomic E-state index is 0.688. The molecule has 0 fully saturated rings. The van der Waals surface area contributed by atoms with Crippen LogP contribution in [0.15, 0.2) is 84.9 Å². The van der Waals surface area contributed by atoms with Crippen LogP contribution in [0.2, 0.25) is 0 Å². The standard InChI is InChI=1S/C22H22O2/c1-3-10-21(11-4-1)23-16-14-19-8-7-9-20(18-19)15-17-24-22-12-5-2-6-13-22/h1-13,18H,14-17H2. The Balaban J connectivity index is 1.45. The third-order valence-electron chi connectivity index (χ3n) is 3.80. The van der Waals surface area contributed by atoms with E-state index in [0.29, 0.717) is 13.2 Å². The van der Waals surface area contributed by atoms with Gasteiger partial charge in [-0.2, -0.15) is 0 Å². The molecule has 2 nitrogen and oxygen atoms in total. The first-order chi connectivity index (χ1) is 11.9. The fourth-order valence-electron chi connectivity index (χ4n) is 2.55. The van der Waals surface area contributed by atoms with E-state index < -0.39 is 0 Å². The largest absolute Gasteiger partial charge is 0.493 e. The Morgan fingerprint density at radius 1 is 0.500 bits per heavy atom. The Labute approximate surface area is 143 Å². The fraction of sp³-hybridized carbons (Fsp3) is 0.182. The van der Waals surface area contributed by atoms with E-state index in [-0.39, 0.29) is 0 Å². The molecular weight excluding hydrogens is 296 g/mol. The lowest BCUT2D eigenvalue weighted by atomic mass is 10.1. The molecule has 3 aromatic rings. The summed E-state index contributed by atoms with van der Waals surface area (Å²) in [6.07, 6.45) is 1.81. The van der Waals surface area contributed by atoms with Gasteiger partial charge in [0.1, 0.15) is 11.5 Å². The Hall–Kier alpha value is -2.74. The number of benzene rings is 3. The second-order valence-electron chi connectivity index (χ2n) is 5.64. The molecule has 3 aromatic carbocycles. The Bertz CT molecular complexity index is 662. The van der Waals surface area contributed by atoms with Gasteiger partial charge in [0.2, 0.25) is 0 Å². The van der Waals surface area contributed by atoms with Gasteiger partial charge in [-0.25, -0.2) is 0 Å². The number of hydrogen-bond acceptors (Lipinski definition) is 2. The zero-order valence-electron chi connectivity index (χ0n) is 13.7. The van der Waals surface area contributed by atoms with Crippen LogP contribution in [0.1, 0.15) is 11.1 Å². The van der Waals surface area contributed by atoms with Crippen molar-refractivity contribution >= 4 is 0 Å². The molecule has 0 aliphatic heterocycles. The molecule has 2 heteroatoms. The van der Waals surface area contributed by atoms with Crippen LogP contribution in [0.4, 0.5) is 0 Å². The van der Waals surface area contributed by atoms with Crippen LogP contribution in [-0.4, -0.2) is 13.2 Å². The highest BCUT2D eigenvalue weighted by atomic mass is 16.5. The van der Waals surface area contributed by atoms with Crippen molar-refractivity contribution in [1.82, 2.24) is 0 Å². The Morgan fingerprint density at radius 3 is 1.42 bits per heavy atom. The molecule has 24 heavy (non-hydrogen) atoms. The molecular formula is C22H22O2. The minimum absolute atomic E-state index is 0.688. The van der Waals surface area contributed by atoms with Gasteiger partial charge < -0.3 is 9.47 Å². The van der Waals surface area contributed by atoms with Gasteiger partial charge in [0.15, 0.2) is 0 Å². The zero-order chi connectivity index (χ0) is 16.5. The third-order valence-corrected chi connectivity index (χ3v) is 3.80. The summed E-state index contributed by atoms with van der Waals surface area (Å²) >= 11 is 0. The van der Waals surface area contributed by atoms with Crippen molar-refractivity contribution in [2.45, 2.75) is 12.8 Å². The molecule has 122 valence electrons. The van der Waals surface area contributed by atoms with Gasteiger partial charge in [0.05, 0.1) is 13.2 Å². The quantitative estimate of drug-likeness (QED) is 0.586. The van der Waals surface area contributed by atoms with Gasteiger partial charge in [-0.05, 0) is 35.4 Å². The van der Waals surface area contributed by atoms with Crippen molar-refractivity contribution in [3.8, 4) is 11.5 Å². The average molecular weight is 318 g/mol. The first-order valence-electron chi connectivity index (χ1n) is 8.34. The summed E-state index contributed by atoms with van der Waals surface area (Å²) in [6.45, 7) is 1.38. The summed E-state index contributed by atoms with van der Waals surface area (Å²) in [4.78, 5) is 0. The van der Waals surface area contributed by atoms with E-state index in [9.17, 15) is 0 Å². The second-order valence-corrected chi connectivity index (χ2v) is 5.64. The lowest BCUT2D eigenvalue weighted by Crippen LogP contribution is -2.04. The number of rotatable bonds is 8. The minimum Gasteiger partial charge on any atom is -0.493 e. The molecule has 0 unspecified atom stereocenters. The van der Waals surface area contributed by atoms with E-state index in [1.54, 1.807) is 0 Å². The second kappa shape index (κ2) is 8.78. The lowest BCUT2D eigenvalue weighted by molar-refractivity contribution is 0.320. The summed E-state index contributed by atoms with van der Waals surface area (Å²) in [5.74, 6) is 1.84. The van der Waals surface area contributed by atoms with Crippen LogP contribution in [-0.2, 0) is 12.8 Å². The highest BCUT2D eigenvalue weighted by molar-refractivity contribution is 5.25. The van der Waals surface area contributed by atoms with E-state index >= 15 is 0 Å². The van der Waals surface area contributed by atoms with Crippen molar-refractivity contribution in [2.24, 2.45) is 0 Å². The summed E-state index contributed by atoms with van der Waals surface area (Å²) in [7, 11) is 0. The summed E-state index contributed by atoms with van der Waals surface area (Å²) in [5.41, 5.74) is 2.59. The van der Waals surface area contributed by atoms with Crippen LogP contribution in [0, 0.1) is 0 Å². The monoisotopic (exact) mass is 318 g/mol. The van der Waals surface area contributed by atoms with E-state index in [1.807, 2.05) is 60.7 Å². The highest BCUT2D eigenvalue weighted by Gasteiger charge is 1.99. The molecule has 0 radical (unpaired) electrons. The molecule has 3 rings (SSSR count). The van der Waals surface area contributed by atoms with Gasteiger partial charge in [-0.15, -0.1) is 0 Å². The lowest BCUT2D eigenvalue weighted by Gasteiger charge is -2.09. The van der Waals surface area contributed by atoms with Crippen molar-refractivity contribution in [3.05, 3.63) is 96.1 Å². The van der Waals surface area contributed by atoms with Crippen LogP contribution >= 0.6 is 0 Å². The Morgan fingerprint density at radius 2 is 0.958 bits per heavy atom. The number of hydrogen-bond donors (Lipinski definition) is 0. The van der Waals surface area contributed by atoms with Gasteiger partial charge in [0.25, 0.3) is 0 Å². The van der Waals surface area contributed by atoms with Crippen LogP contribution in [0.3, 0.4) is 0 Å². The van der Waals surface area contributed by atoms with E-state index in [0.717, 1.165) is 24.3 Å². The highest BCUT2D eigenvalue weighted by Crippen LogP contribution is 2.12. The van der Waals surface area contributed by atoms with Gasteiger partial charge >= 0.3 is 0 Å². The summed E-state index contributed by atoms with van der Waals surface area (Å²) < 4.78 is 11.5. The first kappa shape index (κ1) is 16.1. The maximum atomic E-state index is 5.76. The van der Waals surface area contributed by atoms with Crippen molar-refractivity contribution < 1.29 is 9.47 Å². The summed E-state index contributed by atoms with van der Waals surface area (Å²) in [6, 6.07) is 28.5. The molecule has 0 heterocycles. The molecule has 0 aromatic heterocycles. The molecule has 0 spiro atoms. The first-order valence-corrected chi connectivity index (χ1v) is 8.34. The van der Waals surface area contributed by atoms with E-state index in [1.165, 1.54) is 11.1 Å². The molecule has 0 amide bonds. The predicted molar refractivity (Wildman–Crippen MR) is 97.7 cm³/mol. The smallest absolute Gasteiger partial charge is 0.119 e. The Kier molecular flexibility index (Phi) is 5.90. The van der Waals surface area contributed by atoms with Crippen molar-refractivity contribution in [2.75, 3.05) is 13.2 Å². The SMILES string of the molecule is c1ccc(OCCc2cccc(CCOc3ccccc3)c2)cc1. The van der Waals surface area contributed by atoms with Crippen LogP contribution < -0.4 is 9.47 Å². The van der Waals surface area contributed by atoms with E-state index in [2.05, 4.69) is 24.3 Å². The van der Waals surface area contributed by atoms with Gasteiger partial charge in [-0.3, -0.25) is 0 Å². The third kappa shape index (κ3) is 5.17. The average Bonchev–Trinajstić information content (AvgIpc) is 2.64. The van der Waals surface area contributed by atoms with Crippen molar-refractivity contribution in [3.63, 3.8) is 0 Å². The van der Waals surface area contributed by atoms with E-state index in [4.69, 9.17) is 9.47 Å². The number of ether oxygens (including phenoxy) is 2. The molecule has 0 N–H and O–H groups in total. The maximum Gasteiger partial charge on any atom is 0.119 e. The van der Waals surface area contributed by atoms with Crippen LogP contribution in [0.5, 0.6) is 11.5 Å².